The molecule has 0 atom stereocenters. The van der Waals surface area contributed by atoms with E-state index in [2.05, 4.69) is 46.5 Å². The molecule has 0 unspecified atom stereocenters. The minimum atomic E-state index is -2.88. The Morgan fingerprint density at radius 2 is 1.95 bits per heavy atom. The van der Waals surface area contributed by atoms with Crippen LogP contribution in [0.25, 0.3) is 17.1 Å². The Bertz CT molecular complexity index is 1400. The maximum absolute atomic E-state index is 13.7. The number of pyridine rings is 1. The quantitative estimate of drug-likeness (QED) is 0.294. The molecule has 37 heavy (non-hydrogen) atoms. The minimum Gasteiger partial charge on any atom is -0.444 e. The second-order valence-corrected chi connectivity index (χ2v) is 10.2. The van der Waals surface area contributed by atoms with Crippen LogP contribution in [0.1, 0.15) is 61.8 Å². The first-order valence-corrected chi connectivity index (χ1v) is 12.1. The summed E-state index contributed by atoms with van der Waals surface area (Å²) in [5, 5.41) is 9.79. The smallest absolute Gasteiger partial charge is 0.284 e. The van der Waals surface area contributed by atoms with Crippen LogP contribution in [0.15, 0.2) is 59.5 Å². The molecule has 4 aromatic rings. The number of nitrogens with one attached hydrogen (secondary N) is 2. The van der Waals surface area contributed by atoms with Gasteiger partial charge in [0.2, 0.25) is 5.89 Å². The summed E-state index contributed by atoms with van der Waals surface area (Å²) >= 11 is 0. The fraction of sp³-hybridized carbons (Fsp3) is 0.333. The lowest BCUT2D eigenvalue weighted by molar-refractivity contribution is 0.102. The molecular weight excluding hydrogens is 478 g/mol. The van der Waals surface area contributed by atoms with Crippen LogP contribution in [0.5, 0.6) is 0 Å². The van der Waals surface area contributed by atoms with Crippen molar-refractivity contribution in [1.29, 1.82) is 0 Å². The van der Waals surface area contributed by atoms with E-state index in [4.69, 9.17) is 4.42 Å². The van der Waals surface area contributed by atoms with Crippen molar-refractivity contribution in [3.63, 3.8) is 0 Å². The van der Waals surface area contributed by atoms with Crippen molar-refractivity contribution in [1.82, 2.24) is 19.7 Å². The van der Waals surface area contributed by atoms with Gasteiger partial charge in [-0.15, -0.1) is 0 Å². The van der Waals surface area contributed by atoms with Crippen LogP contribution >= 0.6 is 0 Å². The molecule has 1 fully saturated rings. The van der Waals surface area contributed by atoms with E-state index in [9.17, 15) is 13.6 Å². The van der Waals surface area contributed by atoms with Gasteiger partial charge in [0, 0.05) is 18.3 Å². The molecule has 0 aliphatic heterocycles. The molecule has 1 aliphatic carbocycles. The summed E-state index contributed by atoms with van der Waals surface area (Å²) in [6.07, 6.45) is 3.76. The Hall–Kier alpha value is -4.08. The van der Waals surface area contributed by atoms with E-state index in [1.165, 1.54) is 30.0 Å². The van der Waals surface area contributed by atoms with Crippen LogP contribution in [0.3, 0.4) is 0 Å². The van der Waals surface area contributed by atoms with Crippen molar-refractivity contribution in [3.05, 3.63) is 72.0 Å². The number of carbonyl (C=O) groups excluding carboxylic acids is 1. The number of anilines is 2. The molecule has 5 rings (SSSR count). The van der Waals surface area contributed by atoms with E-state index in [1.807, 2.05) is 12.1 Å². The summed E-state index contributed by atoms with van der Waals surface area (Å²) in [4.78, 5) is 21.4. The van der Waals surface area contributed by atoms with Crippen molar-refractivity contribution in [3.8, 4) is 17.1 Å². The average Bonchev–Trinajstić information content (AvgIpc) is 3.39. The number of hydrogen-bond donors (Lipinski definition) is 2. The number of alkyl halides is 2. The third kappa shape index (κ3) is 5.68. The molecule has 3 heterocycles. The van der Waals surface area contributed by atoms with Gasteiger partial charge >= 0.3 is 0 Å². The van der Waals surface area contributed by atoms with Crippen molar-refractivity contribution in [2.24, 2.45) is 5.92 Å². The average molecular weight is 507 g/mol. The van der Waals surface area contributed by atoms with Crippen molar-refractivity contribution >= 4 is 17.4 Å². The molecule has 0 bridgehead atoms. The summed E-state index contributed by atoms with van der Waals surface area (Å²) in [7, 11) is 0. The summed E-state index contributed by atoms with van der Waals surface area (Å²) in [5.41, 5.74) is 1.64. The normalized spacial score (nSPS) is 13.7. The molecule has 1 amide bonds. The first kappa shape index (κ1) is 24.6. The zero-order chi connectivity index (χ0) is 26.2. The molecule has 0 spiro atoms. The van der Waals surface area contributed by atoms with Crippen LogP contribution in [0.2, 0.25) is 0 Å². The fourth-order valence-electron chi connectivity index (χ4n) is 3.82. The van der Waals surface area contributed by atoms with Gasteiger partial charge in [-0.2, -0.15) is 5.10 Å². The number of aromatic nitrogens is 4. The monoisotopic (exact) mass is 506 g/mol. The van der Waals surface area contributed by atoms with Crippen molar-refractivity contribution in [2.45, 2.75) is 45.5 Å². The highest BCUT2D eigenvalue weighted by Gasteiger charge is 2.23. The second-order valence-electron chi connectivity index (χ2n) is 10.2. The molecule has 10 heteroatoms. The Kier molecular flexibility index (Phi) is 6.49. The molecule has 192 valence electrons. The Morgan fingerprint density at radius 1 is 1.19 bits per heavy atom. The molecule has 2 N–H and O–H groups in total. The van der Waals surface area contributed by atoms with Crippen LogP contribution in [-0.4, -0.2) is 32.2 Å². The van der Waals surface area contributed by atoms with Crippen LogP contribution in [-0.2, 0) is 5.41 Å². The van der Waals surface area contributed by atoms with Gasteiger partial charge in [0.05, 0.1) is 17.6 Å². The number of hydrogen-bond acceptors (Lipinski definition) is 6. The van der Waals surface area contributed by atoms with Gasteiger partial charge in [0.25, 0.3) is 12.3 Å². The number of oxazole rings is 1. The Morgan fingerprint density at radius 3 is 2.62 bits per heavy atom. The standard InChI is InChI=1S/C27H28F2N6O2/c1-27(2,3)18-6-8-19(9-7-18)35-14-20(23(34-35)24(28)29)32-25(36)21-15-37-26(33-21)17-10-11-30-22(12-17)31-13-16-4-5-16/h6-12,14-16,24H,4-5,13H2,1-3H3,(H,30,31)(H,32,36). The fourth-order valence-corrected chi connectivity index (χ4v) is 3.82. The molecule has 0 saturated heterocycles. The highest BCUT2D eigenvalue weighted by atomic mass is 19.3. The van der Waals surface area contributed by atoms with E-state index in [0.29, 0.717) is 23.0 Å². The summed E-state index contributed by atoms with van der Waals surface area (Å²) in [6, 6.07) is 11.0. The van der Waals surface area contributed by atoms with Gasteiger partial charge in [-0.25, -0.2) is 23.4 Å². The number of amides is 1. The van der Waals surface area contributed by atoms with Gasteiger partial charge in [-0.1, -0.05) is 32.9 Å². The lowest BCUT2D eigenvalue weighted by Gasteiger charge is -2.19. The highest BCUT2D eigenvalue weighted by Crippen LogP contribution is 2.30. The first-order chi connectivity index (χ1) is 17.7. The van der Waals surface area contributed by atoms with Crippen LogP contribution in [0, 0.1) is 5.92 Å². The molecular formula is C27H28F2N6O2. The molecule has 1 aliphatic rings. The van der Waals surface area contributed by atoms with Gasteiger partial charge in [0.15, 0.2) is 11.4 Å². The highest BCUT2D eigenvalue weighted by molar-refractivity contribution is 6.03. The second kappa shape index (κ2) is 9.76. The molecule has 1 saturated carbocycles. The van der Waals surface area contributed by atoms with Gasteiger partial charge < -0.3 is 15.1 Å². The number of benzene rings is 1. The Labute approximate surface area is 213 Å². The third-order valence-corrected chi connectivity index (χ3v) is 6.21. The number of halogens is 2. The number of carbonyl (C=O) groups is 1. The summed E-state index contributed by atoms with van der Waals surface area (Å²) < 4.78 is 34.3. The van der Waals surface area contributed by atoms with Crippen molar-refractivity contribution in [2.75, 3.05) is 17.2 Å². The van der Waals surface area contributed by atoms with Crippen molar-refractivity contribution < 1.29 is 18.0 Å². The van der Waals surface area contributed by atoms with E-state index in [-0.39, 0.29) is 22.7 Å². The van der Waals surface area contributed by atoms with E-state index in [0.717, 1.165) is 12.1 Å². The third-order valence-electron chi connectivity index (χ3n) is 6.21. The minimum absolute atomic E-state index is 0.0400. The lowest BCUT2D eigenvalue weighted by atomic mass is 9.87. The van der Waals surface area contributed by atoms with Gasteiger partial charge in [0.1, 0.15) is 12.1 Å². The van der Waals surface area contributed by atoms with E-state index >= 15 is 0 Å². The molecule has 3 aromatic heterocycles. The SMILES string of the molecule is CC(C)(C)c1ccc(-n2cc(NC(=O)c3coc(-c4ccnc(NCC5CC5)c4)n3)c(C(F)F)n2)cc1. The maximum atomic E-state index is 13.7. The van der Waals surface area contributed by atoms with E-state index < -0.39 is 18.0 Å². The number of rotatable bonds is 8. The number of nitrogens with zero attached hydrogens (tertiary/aromatic N) is 4. The molecule has 1 aromatic carbocycles. The zero-order valence-electron chi connectivity index (χ0n) is 20.8. The predicted octanol–water partition coefficient (Wildman–Crippen LogP) is 6.23. The van der Waals surface area contributed by atoms with Crippen LogP contribution in [0.4, 0.5) is 20.3 Å². The largest absolute Gasteiger partial charge is 0.444 e. The maximum Gasteiger partial charge on any atom is 0.284 e. The van der Waals surface area contributed by atoms with Crippen LogP contribution < -0.4 is 10.6 Å². The van der Waals surface area contributed by atoms with Gasteiger partial charge in [-0.05, 0) is 54.0 Å². The topological polar surface area (TPSA) is 97.9 Å². The summed E-state index contributed by atoms with van der Waals surface area (Å²) in [5.74, 6) is 0.928. The molecule has 0 radical (unpaired) electrons. The Balaban J connectivity index is 1.32. The summed E-state index contributed by atoms with van der Waals surface area (Å²) in [6.45, 7) is 7.13. The van der Waals surface area contributed by atoms with Gasteiger partial charge in [-0.3, -0.25) is 4.79 Å². The first-order valence-electron chi connectivity index (χ1n) is 12.1. The lowest BCUT2D eigenvalue weighted by Crippen LogP contribution is -2.13. The predicted molar refractivity (Wildman–Crippen MR) is 136 cm³/mol. The zero-order valence-corrected chi connectivity index (χ0v) is 20.8. The van der Waals surface area contributed by atoms with E-state index in [1.54, 1.807) is 30.5 Å². The molecule has 8 nitrogen and oxygen atoms in total.